The lowest BCUT2D eigenvalue weighted by Gasteiger charge is -2.22. The maximum atomic E-state index is 11.9. The van der Waals surface area contributed by atoms with Gasteiger partial charge < -0.3 is 15.6 Å². The monoisotopic (exact) mass is 264 g/mol. The summed E-state index contributed by atoms with van der Waals surface area (Å²) in [6.45, 7) is 0.389. The zero-order valence-electron chi connectivity index (χ0n) is 10.4. The number of carbonyl (C=O) groups is 2. The Labute approximate surface area is 110 Å². The van der Waals surface area contributed by atoms with Gasteiger partial charge in [0.1, 0.15) is 12.6 Å². The van der Waals surface area contributed by atoms with Gasteiger partial charge >= 0.3 is 6.09 Å². The highest BCUT2D eigenvalue weighted by molar-refractivity contribution is 5.85. The van der Waals surface area contributed by atoms with Gasteiger partial charge in [-0.05, 0) is 12.0 Å². The van der Waals surface area contributed by atoms with E-state index in [1.54, 1.807) is 0 Å². The molecule has 1 heterocycles. The van der Waals surface area contributed by atoms with Crippen molar-refractivity contribution in [1.82, 2.24) is 4.90 Å². The fourth-order valence-electron chi connectivity index (χ4n) is 2.13. The number of primary amides is 1. The molecule has 1 aliphatic rings. The van der Waals surface area contributed by atoms with Gasteiger partial charge in [-0.25, -0.2) is 4.79 Å². The van der Waals surface area contributed by atoms with Crippen molar-refractivity contribution in [3.63, 3.8) is 0 Å². The SMILES string of the molecule is NC(=O)C1C(O)CCN1C(=O)OCc1ccccc1. The van der Waals surface area contributed by atoms with Crippen molar-refractivity contribution >= 4 is 12.0 Å². The third-order valence-electron chi connectivity index (χ3n) is 3.10. The summed E-state index contributed by atoms with van der Waals surface area (Å²) in [5.74, 6) is -0.721. The van der Waals surface area contributed by atoms with Crippen molar-refractivity contribution in [3.05, 3.63) is 35.9 Å². The molecule has 0 radical (unpaired) electrons. The molecule has 6 heteroatoms. The number of hydrogen-bond donors (Lipinski definition) is 2. The van der Waals surface area contributed by atoms with Crippen LogP contribution in [0, 0.1) is 0 Å². The summed E-state index contributed by atoms with van der Waals surface area (Å²) in [5.41, 5.74) is 6.03. The van der Waals surface area contributed by atoms with Crippen LogP contribution >= 0.6 is 0 Å². The average Bonchev–Trinajstić information content (AvgIpc) is 2.79. The highest BCUT2D eigenvalue weighted by atomic mass is 16.6. The number of aliphatic hydroxyl groups is 1. The molecule has 0 spiro atoms. The maximum absolute atomic E-state index is 11.9. The minimum Gasteiger partial charge on any atom is -0.445 e. The first-order chi connectivity index (χ1) is 9.09. The average molecular weight is 264 g/mol. The summed E-state index contributed by atoms with van der Waals surface area (Å²) < 4.78 is 5.11. The molecular formula is C13H16N2O4. The van der Waals surface area contributed by atoms with Crippen LogP contribution in [0.5, 0.6) is 0 Å². The van der Waals surface area contributed by atoms with Gasteiger partial charge in [-0.3, -0.25) is 9.69 Å². The summed E-state index contributed by atoms with van der Waals surface area (Å²) in [7, 11) is 0. The van der Waals surface area contributed by atoms with E-state index >= 15 is 0 Å². The molecule has 1 aromatic carbocycles. The summed E-state index contributed by atoms with van der Waals surface area (Å²) >= 11 is 0. The summed E-state index contributed by atoms with van der Waals surface area (Å²) in [5, 5.41) is 9.61. The predicted molar refractivity (Wildman–Crippen MR) is 66.9 cm³/mol. The lowest BCUT2D eigenvalue weighted by molar-refractivity contribution is -0.124. The molecule has 1 fully saturated rings. The van der Waals surface area contributed by atoms with Crippen LogP contribution in [0.15, 0.2) is 30.3 Å². The first-order valence-corrected chi connectivity index (χ1v) is 6.04. The van der Waals surface area contributed by atoms with E-state index in [2.05, 4.69) is 0 Å². The molecule has 6 nitrogen and oxygen atoms in total. The number of ether oxygens (including phenoxy) is 1. The second kappa shape index (κ2) is 5.71. The molecule has 0 aromatic heterocycles. The van der Waals surface area contributed by atoms with E-state index in [-0.39, 0.29) is 13.2 Å². The molecule has 19 heavy (non-hydrogen) atoms. The van der Waals surface area contributed by atoms with Gasteiger partial charge in [0.15, 0.2) is 0 Å². The fourth-order valence-corrected chi connectivity index (χ4v) is 2.13. The first-order valence-electron chi connectivity index (χ1n) is 6.04. The Morgan fingerprint density at radius 2 is 2.05 bits per heavy atom. The van der Waals surface area contributed by atoms with Gasteiger partial charge in [-0.15, -0.1) is 0 Å². The van der Waals surface area contributed by atoms with Crippen LogP contribution in [0.25, 0.3) is 0 Å². The molecule has 1 saturated heterocycles. The molecule has 0 bridgehead atoms. The molecule has 1 aliphatic heterocycles. The van der Waals surface area contributed by atoms with E-state index in [0.29, 0.717) is 6.42 Å². The topological polar surface area (TPSA) is 92.9 Å². The third-order valence-corrected chi connectivity index (χ3v) is 3.10. The quantitative estimate of drug-likeness (QED) is 0.818. The van der Waals surface area contributed by atoms with Crippen molar-refractivity contribution in [1.29, 1.82) is 0 Å². The molecule has 2 unspecified atom stereocenters. The maximum Gasteiger partial charge on any atom is 0.410 e. The normalized spacial score (nSPS) is 22.3. The van der Waals surface area contributed by atoms with Crippen molar-refractivity contribution in [2.75, 3.05) is 6.54 Å². The lowest BCUT2D eigenvalue weighted by atomic mass is 10.1. The summed E-state index contributed by atoms with van der Waals surface area (Å²) in [4.78, 5) is 24.3. The molecule has 102 valence electrons. The van der Waals surface area contributed by atoms with Crippen molar-refractivity contribution in [3.8, 4) is 0 Å². The molecule has 2 atom stereocenters. The second-order valence-corrected chi connectivity index (χ2v) is 4.44. The zero-order valence-corrected chi connectivity index (χ0v) is 10.4. The molecule has 2 amide bonds. The van der Waals surface area contributed by atoms with Crippen LogP contribution < -0.4 is 5.73 Å². The lowest BCUT2D eigenvalue weighted by Crippen LogP contribution is -2.48. The Hall–Kier alpha value is -2.08. The standard InChI is InChI=1S/C13H16N2O4/c14-12(17)11-10(16)6-7-15(11)13(18)19-8-9-4-2-1-3-5-9/h1-5,10-11,16H,6-8H2,(H2,14,17). The van der Waals surface area contributed by atoms with Gasteiger partial charge in [0.2, 0.25) is 5.91 Å². The Kier molecular flexibility index (Phi) is 4.01. The molecule has 1 aromatic rings. The number of likely N-dealkylation sites (tertiary alicyclic amines) is 1. The molecule has 0 saturated carbocycles. The van der Waals surface area contributed by atoms with Gasteiger partial charge in [0.25, 0.3) is 0 Å². The summed E-state index contributed by atoms with van der Waals surface area (Å²) in [6, 6.07) is 8.22. The van der Waals surface area contributed by atoms with E-state index in [0.717, 1.165) is 5.56 Å². The number of amides is 2. The summed E-state index contributed by atoms with van der Waals surface area (Å²) in [6.07, 6.45) is -1.22. The van der Waals surface area contributed by atoms with Crippen molar-refractivity contribution < 1.29 is 19.4 Å². The number of benzene rings is 1. The van der Waals surface area contributed by atoms with E-state index in [1.165, 1.54) is 4.90 Å². The van der Waals surface area contributed by atoms with Crippen LogP contribution in [0.3, 0.4) is 0 Å². The second-order valence-electron chi connectivity index (χ2n) is 4.44. The first kappa shape index (κ1) is 13.4. The molecular weight excluding hydrogens is 248 g/mol. The molecule has 0 aliphatic carbocycles. The Bertz CT molecular complexity index is 463. The van der Waals surface area contributed by atoms with E-state index < -0.39 is 24.1 Å². The van der Waals surface area contributed by atoms with E-state index in [1.807, 2.05) is 30.3 Å². The van der Waals surface area contributed by atoms with E-state index in [4.69, 9.17) is 10.5 Å². The van der Waals surface area contributed by atoms with Crippen LogP contribution in [0.2, 0.25) is 0 Å². The minimum absolute atomic E-state index is 0.123. The molecule has 2 rings (SSSR count). The van der Waals surface area contributed by atoms with Gasteiger partial charge in [0.05, 0.1) is 6.10 Å². The largest absolute Gasteiger partial charge is 0.445 e. The highest BCUT2D eigenvalue weighted by Crippen LogP contribution is 2.19. The number of rotatable bonds is 3. The van der Waals surface area contributed by atoms with Gasteiger partial charge in [-0.1, -0.05) is 30.3 Å². The van der Waals surface area contributed by atoms with Crippen LogP contribution in [0.4, 0.5) is 4.79 Å². The van der Waals surface area contributed by atoms with E-state index in [9.17, 15) is 14.7 Å². The van der Waals surface area contributed by atoms with Crippen LogP contribution in [-0.4, -0.2) is 40.7 Å². The minimum atomic E-state index is -0.997. The van der Waals surface area contributed by atoms with Gasteiger partial charge in [-0.2, -0.15) is 0 Å². The van der Waals surface area contributed by atoms with Crippen LogP contribution in [0.1, 0.15) is 12.0 Å². The van der Waals surface area contributed by atoms with Crippen LogP contribution in [-0.2, 0) is 16.1 Å². The van der Waals surface area contributed by atoms with Crippen molar-refractivity contribution in [2.24, 2.45) is 5.73 Å². The number of nitrogens with zero attached hydrogens (tertiary/aromatic N) is 1. The third kappa shape index (κ3) is 3.03. The highest BCUT2D eigenvalue weighted by Gasteiger charge is 2.40. The number of hydrogen-bond acceptors (Lipinski definition) is 4. The van der Waals surface area contributed by atoms with Crippen molar-refractivity contribution in [2.45, 2.75) is 25.2 Å². The number of carbonyl (C=O) groups excluding carboxylic acids is 2. The number of nitrogens with two attached hydrogens (primary N) is 1. The fraction of sp³-hybridized carbons (Fsp3) is 0.385. The number of aliphatic hydroxyl groups excluding tert-OH is 1. The Morgan fingerprint density at radius 1 is 1.37 bits per heavy atom. The zero-order chi connectivity index (χ0) is 13.8. The Morgan fingerprint density at radius 3 is 2.68 bits per heavy atom. The van der Waals surface area contributed by atoms with Gasteiger partial charge in [0, 0.05) is 6.54 Å². The predicted octanol–water partition coefficient (Wildman–Crippen LogP) is 0.244. The Balaban J connectivity index is 1.95. The molecule has 3 N–H and O–H groups in total. The smallest absolute Gasteiger partial charge is 0.410 e.